The second kappa shape index (κ2) is 5.68. The van der Waals surface area contributed by atoms with Crippen LogP contribution in [0.1, 0.15) is 16.3 Å². The Labute approximate surface area is 116 Å². The van der Waals surface area contributed by atoms with Gasteiger partial charge in [-0.05, 0) is 24.6 Å². The molecule has 0 saturated carbocycles. The van der Waals surface area contributed by atoms with Gasteiger partial charge < -0.3 is 5.73 Å². The number of sulfonamides is 1. The molecular formula is C12H15N3O2S2. The molecule has 1 aromatic heterocycles. The van der Waals surface area contributed by atoms with E-state index in [1.54, 1.807) is 24.3 Å². The highest BCUT2D eigenvalue weighted by molar-refractivity contribution is 7.88. The first-order chi connectivity index (χ1) is 8.94. The molecule has 3 N–H and O–H groups in total. The Morgan fingerprint density at radius 1 is 1.32 bits per heavy atom. The molecule has 1 heterocycles. The summed E-state index contributed by atoms with van der Waals surface area (Å²) in [7, 11) is -3.36. The molecule has 1 aromatic carbocycles. The summed E-state index contributed by atoms with van der Waals surface area (Å²) in [6, 6.07) is 6.80. The molecule has 0 aliphatic heterocycles. The van der Waals surface area contributed by atoms with Crippen molar-refractivity contribution in [2.24, 2.45) is 0 Å². The summed E-state index contributed by atoms with van der Waals surface area (Å²) in [5.41, 5.74) is 7.62. The fourth-order valence-electron chi connectivity index (χ4n) is 1.56. The number of hydrogen-bond acceptors (Lipinski definition) is 5. The highest BCUT2D eigenvalue weighted by atomic mass is 32.2. The summed E-state index contributed by atoms with van der Waals surface area (Å²) in [6.07, 6.45) is 0. The molecule has 0 bridgehead atoms. The quantitative estimate of drug-likeness (QED) is 0.822. The first kappa shape index (κ1) is 14.0. The van der Waals surface area contributed by atoms with Crippen LogP contribution in [0.5, 0.6) is 0 Å². The lowest BCUT2D eigenvalue weighted by Crippen LogP contribution is -2.24. The minimum atomic E-state index is -3.36. The molecule has 0 atom stereocenters. The Balaban J connectivity index is 1.97. The van der Waals surface area contributed by atoms with Crippen LogP contribution in [0.4, 0.5) is 5.69 Å². The predicted molar refractivity (Wildman–Crippen MR) is 77.2 cm³/mol. The minimum absolute atomic E-state index is 0.0591. The Kier molecular flexibility index (Phi) is 4.18. The summed E-state index contributed by atoms with van der Waals surface area (Å²) in [5.74, 6) is -0.0591. The van der Waals surface area contributed by atoms with E-state index in [0.717, 1.165) is 10.7 Å². The van der Waals surface area contributed by atoms with Crippen LogP contribution in [-0.2, 0) is 22.3 Å². The SMILES string of the molecule is Cc1nc(CNS(=O)(=O)Cc2ccc(N)cc2)cs1. The fourth-order valence-corrected chi connectivity index (χ4v) is 3.27. The van der Waals surface area contributed by atoms with E-state index < -0.39 is 10.0 Å². The average molecular weight is 297 g/mol. The van der Waals surface area contributed by atoms with Gasteiger partial charge in [0.15, 0.2) is 0 Å². The van der Waals surface area contributed by atoms with Crippen molar-refractivity contribution in [1.29, 1.82) is 0 Å². The van der Waals surface area contributed by atoms with Gasteiger partial charge in [0.1, 0.15) is 0 Å². The molecule has 0 spiro atoms. The summed E-state index contributed by atoms with van der Waals surface area (Å²) >= 11 is 1.50. The van der Waals surface area contributed by atoms with Crippen molar-refractivity contribution < 1.29 is 8.42 Å². The monoisotopic (exact) mass is 297 g/mol. The summed E-state index contributed by atoms with van der Waals surface area (Å²) in [4.78, 5) is 4.21. The van der Waals surface area contributed by atoms with Gasteiger partial charge in [-0.1, -0.05) is 12.1 Å². The first-order valence-corrected chi connectivity index (χ1v) is 8.20. The van der Waals surface area contributed by atoms with E-state index in [9.17, 15) is 8.42 Å². The molecule has 102 valence electrons. The molecule has 7 heteroatoms. The highest BCUT2D eigenvalue weighted by Gasteiger charge is 2.12. The van der Waals surface area contributed by atoms with Gasteiger partial charge in [0.25, 0.3) is 0 Å². The van der Waals surface area contributed by atoms with E-state index in [4.69, 9.17) is 5.73 Å². The van der Waals surface area contributed by atoms with Crippen LogP contribution in [0.2, 0.25) is 0 Å². The number of nitrogen functional groups attached to an aromatic ring is 1. The number of nitrogens with zero attached hydrogens (tertiary/aromatic N) is 1. The zero-order valence-corrected chi connectivity index (χ0v) is 12.1. The summed E-state index contributed by atoms with van der Waals surface area (Å²) < 4.78 is 26.3. The van der Waals surface area contributed by atoms with Crippen LogP contribution in [0, 0.1) is 6.92 Å². The maximum Gasteiger partial charge on any atom is 0.216 e. The van der Waals surface area contributed by atoms with E-state index >= 15 is 0 Å². The zero-order valence-electron chi connectivity index (χ0n) is 10.5. The lowest BCUT2D eigenvalue weighted by molar-refractivity contribution is 0.579. The van der Waals surface area contributed by atoms with Crippen molar-refractivity contribution in [3.05, 3.63) is 45.9 Å². The molecule has 0 radical (unpaired) electrons. The number of benzene rings is 1. The molecule has 0 aliphatic rings. The number of nitrogens with two attached hydrogens (primary N) is 1. The molecule has 2 rings (SSSR count). The van der Waals surface area contributed by atoms with Crippen molar-refractivity contribution in [1.82, 2.24) is 9.71 Å². The van der Waals surface area contributed by atoms with Crippen LogP contribution < -0.4 is 10.5 Å². The van der Waals surface area contributed by atoms with Crippen LogP contribution in [0.3, 0.4) is 0 Å². The number of anilines is 1. The second-order valence-electron chi connectivity index (χ2n) is 4.18. The van der Waals surface area contributed by atoms with Crippen LogP contribution in [0.15, 0.2) is 29.6 Å². The minimum Gasteiger partial charge on any atom is -0.399 e. The summed E-state index contributed by atoms with van der Waals surface area (Å²) in [5, 5.41) is 2.77. The molecule has 0 fully saturated rings. The largest absolute Gasteiger partial charge is 0.399 e. The van der Waals surface area contributed by atoms with Gasteiger partial charge >= 0.3 is 0 Å². The molecule has 0 saturated heterocycles. The Morgan fingerprint density at radius 2 is 2.00 bits per heavy atom. The van der Waals surface area contributed by atoms with E-state index in [1.165, 1.54) is 11.3 Å². The van der Waals surface area contributed by atoms with Gasteiger partial charge in [-0.25, -0.2) is 18.1 Å². The van der Waals surface area contributed by atoms with E-state index in [-0.39, 0.29) is 12.3 Å². The van der Waals surface area contributed by atoms with Crippen molar-refractivity contribution in [2.45, 2.75) is 19.2 Å². The van der Waals surface area contributed by atoms with Crippen molar-refractivity contribution in [3.8, 4) is 0 Å². The third-order valence-electron chi connectivity index (χ3n) is 2.48. The van der Waals surface area contributed by atoms with Crippen LogP contribution in [0.25, 0.3) is 0 Å². The van der Waals surface area contributed by atoms with Gasteiger partial charge in [0, 0.05) is 11.1 Å². The number of aryl methyl sites for hydroxylation is 1. The molecule has 0 aliphatic carbocycles. The molecule has 5 nitrogen and oxygen atoms in total. The molecule has 2 aromatic rings. The van der Waals surface area contributed by atoms with E-state index in [1.807, 2.05) is 12.3 Å². The number of aromatic nitrogens is 1. The van der Waals surface area contributed by atoms with Gasteiger partial charge in [0.05, 0.1) is 23.0 Å². The zero-order chi connectivity index (χ0) is 13.9. The summed E-state index contributed by atoms with van der Waals surface area (Å²) in [6.45, 7) is 2.11. The standard InChI is InChI=1S/C12H15N3O2S2/c1-9-15-12(7-18-9)6-14-19(16,17)8-10-2-4-11(13)5-3-10/h2-5,7,14H,6,8,13H2,1H3. The Hall–Kier alpha value is -1.44. The Morgan fingerprint density at radius 3 is 2.58 bits per heavy atom. The first-order valence-electron chi connectivity index (χ1n) is 5.67. The third-order valence-corrected chi connectivity index (χ3v) is 4.60. The van der Waals surface area contributed by atoms with Crippen molar-refractivity contribution in [3.63, 3.8) is 0 Å². The lowest BCUT2D eigenvalue weighted by Gasteiger charge is -2.05. The number of thiazole rings is 1. The van der Waals surface area contributed by atoms with Crippen molar-refractivity contribution in [2.75, 3.05) is 5.73 Å². The highest BCUT2D eigenvalue weighted by Crippen LogP contribution is 2.10. The number of hydrogen-bond donors (Lipinski definition) is 2. The average Bonchev–Trinajstić information content (AvgIpc) is 2.76. The second-order valence-corrected chi connectivity index (χ2v) is 7.05. The normalized spacial score (nSPS) is 11.6. The fraction of sp³-hybridized carbons (Fsp3) is 0.250. The van der Waals surface area contributed by atoms with Crippen LogP contribution in [-0.4, -0.2) is 13.4 Å². The van der Waals surface area contributed by atoms with Crippen molar-refractivity contribution >= 4 is 27.0 Å². The van der Waals surface area contributed by atoms with E-state index in [2.05, 4.69) is 9.71 Å². The van der Waals surface area contributed by atoms with Gasteiger partial charge in [-0.3, -0.25) is 0 Å². The van der Waals surface area contributed by atoms with Gasteiger partial charge in [-0.15, -0.1) is 11.3 Å². The predicted octanol–water partition coefficient (Wildman–Crippen LogP) is 1.65. The smallest absolute Gasteiger partial charge is 0.216 e. The maximum absolute atomic E-state index is 11.9. The topological polar surface area (TPSA) is 85.1 Å². The maximum atomic E-state index is 11.9. The molecule has 0 unspecified atom stereocenters. The number of rotatable bonds is 5. The molecule has 0 amide bonds. The van der Waals surface area contributed by atoms with Gasteiger partial charge in [0.2, 0.25) is 10.0 Å². The van der Waals surface area contributed by atoms with E-state index in [0.29, 0.717) is 11.3 Å². The molecular weight excluding hydrogens is 282 g/mol. The molecule has 19 heavy (non-hydrogen) atoms. The van der Waals surface area contributed by atoms with Gasteiger partial charge in [-0.2, -0.15) is 0 Å². The van der Waals surface area contributed by atoms with Crippen LogP contribution >= 0.6 is 11.3 Å². The number of nitrogens with one attached hydrogen (secondary N) is 1. The Bertz CT molecular complexity index is 648. The third kappa shape index (κ3) is 4.30. The lowest BCUT2D eigenvalue weighted by atomic mass is 10.2.